The summed E-state index contributed by atoms with van der Waals surface area (Å²) in [6, 6.07) is 5.45. The van der Waals surface area contributed by atoms with E-state index in [1.54, 1.807) is 13.2 Å². The van der Waals surface area contributed by atoms with E-state index in [1.165, 1.54) is 0 Å². The fraction of sp³-hybridized carbons (Fsp3) is 0.462. The minimum atomic E-state index is -0.821. The third-order valence-electron chi connectivity index (χ3n) is 2.42. The van der Waals surface area contributed by atoms with E-state index in [4.69, 9.17) is 19.7 Å². The lowest BCUT2D eigenvalue weighted by Gasteiger charge is -2.11. The van der Waals surface area contributed by atoms with E-state index >= 15 is 0 Å². The van der Waals surface area contributed by atoms with Crippen molar-refractivity contribution in [1.29, 1.82) is 0 Å². The molecule has 0 heterocycles. The van der Waals surface area contributed by atoms with Crippen LogP contribution in [0.3, 0.4) is 0 Å². The van der Waals surface area contributed by atoms with Gasteiger partial charge in [-0.25, -0.2) is 0 Å². The summed E-state index contributed by atoms with van der Waals surface area (Å²) in [4.78, 5) is 10.4. The number of aliphatic carboxylic acids is 1. The summed E-state index contributed by atoms with van der Waals surface area (Å²) in [5.74, 6) is 0.342. The molecular formula is C13H19NO5. The van der Waals surface area contributed by atoms with Crippen molar-refractivity contribution >= 4 is 5.97 Å². The Kier molecular flexibility index (Phi) is 6.70. The Morgan fingerprint density at radius 3 is 2.79 bits per heavy atom. The molecule has 0 unspecified atom stereocenters. The molecule has 1 aromatic carbocycles. The molecule has 0 atom stereocenters. The summed E-state index contributed by atoms with van der Waals surface area (Å²) in [6.07, 6.45) is 0.0921. The van der Waals surface area contributed by atoms with E-state index < -0.39 is 5.97 Å². The lowest BCUT2D eigenvalue weighted by atomic mass is 10.2. The zero-order valence-electron chi connectivity index (χ0n) is 10.9. The van der Waals surface area contributed by atoms with Gasteiger partial charge in [-0.2, -0.15) is 0 Å². The zero-order valence-corrected chi connectivity index (χ0v) is 10.9. The molecule has 0 amide bonds. The van der Waals surface area contributed by atoms with Crippen molar-refractivity contribution in [3.8, 4) is 11.5 Å². The first-order valence-corrected chi connectivity index (χ1v) is 6.00. The second kappa shape index (κ2) is 8.34. The van der Waals surface area contributed by atoms with E-state index in [9.17, 15) is 4.79 Å². The van der Waals surface area contributed by atoms with Crippen LogP contribution in [0.4, 0.5) is 0 Å². The summed E-state index contributed by atoms with van der Waals surface area (Å²) in [5.41, 5.74) is 0.971. The molecule has 6 heteroatoms. The first kappa shape index (κ1) is 15.3. The van der Waals surface area contributed by atoms with Crippen molar-refractivity contribution in [2.24, 2.45) is 0 Å². The van der Waals surface area contributed by atoms with Crippen LogP contribution in [0.5, 0.6) is 11.5 Å². The van der Waals surface area contributed by atoms with Gasteiger partial charge in [0.05, 0.1) is 20.1 Å². The molecule has 0 bridgehead atoms. The van der Waals surface area contributed by atoms with Crippen molar-refractivity contribution < 1.29 is 24.5 Å². The van der Waals surface area contributed by atoms with Gasteiger partial charge in [0.1, 0.15) is 6.61 Å². The topological polar surface area (TPSA) is 88.0 Å². The summed E-state index contributed by atoms with van der Waals surface area (Å²) < 4.78 is 10.5. The Balaban J connectivity index is 2.53. The molecule has 0 aliphatic rings. The SMILES string of the molecule is COc1cc(CNCCC(=O)O)ccc1OCCO. The largest absolute Gasteiger partial charge is 0.493 e. The highest BCUT2D eigenvalue weighted by atomic mass is 16.5. The van der Waals surface area contributed by atoms with E-state index in [1.807, 2.05) is 12.1 Å². The van der Waals surface area contributed by atoms with Gasteiger partial charge in [-0.05, 0) is 17.7 Å². The fourth-order valence-electron chi connectivity index (χ4n) is 1.52. The number of aliphatic hydroxyl groups is 1. The van der Waals surface area contributed by atoms with E-state index in [0.717, 1.165) is 5.56 Å². The normalized spacial score (nSPS) is 10.2. The van der Waals surface area contributed by atoms with Crippen molar-refractivity contribution in [3.05, 3.63) is 23.8 Å². The number of benzene rings is 1. The molecule has 0 radical (unpaired) electrons. The predicted molar refractivity (Wildman–Crippen MR) is 69.5 cm³/mol. The molecule has 3 N–H and O–H groups in total. The van der Waals surface area contributed by atoms with Gasteiger partial charge in [-0.15, -0.1) is 0 Å². The highest BCUT2D eigenvalue weighted by molar-refractivity contribution is 5.66. The number of carboxylic acid groups (broad SMARTS) is 1. The van der Waals surface area contributed by atoms with Crippen molar-refractivity contribution in [1.82, 2.24) is 5.32 Å². The van der Waals surface area contributed by atoms with E-state index in [0.29, 0.717) is 24.6 Å². The predicted octanol–water partition coefficient (Wildman–Crippen LogP) is 0.631. The van der Waals surface area contributed by atoms with Gasteiger partial charge in [-0.1, -0.05) is 6.07 Å². The highest BCUT2D eigenvalue weighted by Crippen LogP contribution is 2.27. The number of rotatable bonds is 9. The third kappa shape index (κ3) is 5.58. The van der Waals surface area contributed by atoms with E-state index in [2.05, 4.69) is 5.32 Å². The number of hydrogen-bond acceptors (Lipinski definition) is 5. The molecule has 0 saturated heterocycles. The number of carboxylic acids is 1. The number of methoxy groups -OCH3 is 1. The minimum Gasteiger partial charge on any atom is -0.493 e. The summed E-state index contributed by atoms with van der Waals surface area (Å²) in [7, 11) is 1.54. The van der Waals surface area contributed by atoms with Crippen LogP contribution in [0, 0.1) is 0 Å². The maximum absolute atomic E-state index is 10.4. The number of carbonyl (C=O) groups is 1. The van der Waals surface area contributed by atoms with E-state index in [-0.39, 0.29) is 19.6 Å². The van der Waals surface area contributed by atoms with Crippen LogP contribution in [0.25, 0.3) is 0 Å². The Bertz CT molecular complexity index is 408. The molecule has 6 nitrogen and oxygen atoms in total. The highest BCUT2D eigenvalue weighted by Gasteiger charge is 2.05. The summed E-state index contributed by atoms with van der Waals surface area (Å²) >= 11 is 0. The summed E-state index contributed by atoms with van der Waals surface area (Å²) in [6.45, 7) is 1.14. The third-order valence-corrected chi connectivity index (χ3v) is 2.42. The number of aliphatic hydroxyl groups excluding tert-OH is 1. The smallest absolute Gasteiger partial charge is 0.304 e. The second-order valence-electron chi connectivity index (χ2n) is 3.88. The number of hydrogen-bond donors (Lipinski definition) is 3. The lowest BCUT2D eigenvalue weighted by Crippen LogP contribution is -2.17. The van der Waals surface area contributed by atoms with Crippen LogP contribution in [-0.4, -0.2) is 43.1 Å². The number of ether oxygens (including phenoxy) is 2. The molecule has 0 saturated carbocycles. The molecule has 0 fully saturated rings. The van der Waals surface area contributed by atoms with Crippen LogP contribution in [0.15, 0.2) is 18.2 Å². The molecule has 0 aliphatic carbocycles. The standard InChI is InChI=1S/C13H19NO5/c1-18-12-8-10(9-14-5-4-13(16)17)2-3-11(12)19-7-6-15/h2-3,8,14-15H,4-7,9H2,1H3,(H,16,17). The average molecular weight is 269 g/mol. The lowest BCUT2D eigenvalue weighted by molar-refractivity contribution is -0.136. The van der Waals surface area contributed by atoms with Gasteiger partial charge in [0, 0.05) is 13.1 Å². The molecule has 0 aromatic heterocycles. The molecule has 1 rings (SSSR count). The van der Waals surface area contributed by atoms with Gasteiger partial charge >= 0.3 is 5.97 Å². The van der Waals surface area contributed by atoms with Gasteiger partial charge < -0.3 is 25.0 Å². The van der Waals surface area contributed by atoms with Crippen molar-refractivity contribution in [2.75, 3.05) is 26.9 Å². The number of nitrogens with one attached hydrogen (secondary N) is 1. The summed E-state index contributed by atoms with van der Waals surface area (Å²) in [5, 5.41) is 20.3. The maximum atomic E-state index is 10.4. The monoisotopic (exact) mass is 269 g/mol. The molecule has 19 heavy (non-hydrogen) atoms. The molecular weight excluding hydrogens is 250 g/mol. The Hall–Kier alpha value is -1.79. The quantitative estimate of drug-likeness (QED) is 0.570. The van der Waals surface area contributed by atoms with Crippen LogP contribution < -0.4 is 14.8 Å². The van der Waals surface area contributed by atoms with Gasteiger partial charge in [0.2, 0.25) is 0 Å². The maximum Gasteiger partial charge on any atom is 0.304 e. The average Bonchev–Trinajstić information content (AvgIpc) is 2.41. The van der Waals surface area contributed by atoms with Gasteiger partial charge in [0.25, 0.3) is 0 Å². The zero-order chi connectivity index (χ0) is 14.1. The van der Waals surface area contributed by atoms with Gasteiger partial charge in [0.15, 0.2) is 11.5 Å². The fourth-order valence-corrected chi connectivity index (χ4v) is 1.52. The Labute approximate surface area is 112 Å². The molecule has 0 aliphatic heterocycles. The Morgan fingerprint density at radius 2 is 2.16 bits per heavy atom. The molecule has 106 valence electrons. The molecule has 0 spiro atoms. The molecule has 1 aromatic rings. The first-order chi connectivity index (χ1) is 9.17. The van der Waals surface area contributed by atoms with Crippen LogP contribution in [-0.2, 0) is 11.3 Å². The van der Waals surface area contributed by atoms with Crippen LogP contribution in [0.1, 0.15) is 12.0 Å². The second-order valence-corrected chi connectivity index (χ2v) is 3.88. The van der Waals surface area contributed by atoms with Crippen molar-refractivity contribution in [2.45, 2.75) is 13.0 Å². The van der Waals surface area contributed by atoms with Gasteiger partial charge in [-0.3, -0.25) is 4.79 Å². The first-order valence-electron chi connectivity index (χ1n) is 6.00. The van der Waals surface area contributed by atoms with Crippen LogP contribution >= 0.6 is 0 Å². The Morgan fingerprint density at radius 1 is 1.37 bits per heavy atom. The van der Waals surface area contributed by atoms with Crippen LogP contribution in [0.2, 0.25) is 0 Å². The minimum absolute atomic E-state index is 0.0539. The van der Waals surface area contributed by atoms with Crippen molar-refractivity contribution in [3.63, 3.8) is 0 Å².